The normalized spacial score (nSPS) is 10.5. The molecule has 0 heterocycles. The molecule has 2 N–H and O–H groups in total. The number of methoxy groups -OCH3 is 3. The summed E-state index contributed by atoms with van der Waals surface area (Å²) < 4.78 is 15.9. The molecule has 0 aliphatic carbocycles. The standard InChI is InChI=1S/C17H18N2O5/c1-22-14-8-7-12(15(23-2)16(14)24-3)10-18-19-13-6-4-5-11(9-13)17(20)21/h4-10,19H,1-3H3,(H,20,21). The molecule has 0 aliphatic rings. The summed E-state index contributed by atoms with van der Waals surface area (Å²) in [6.07, 6.45) is 1.55. The third kappa shape index (κ3) is 3.75. The SMILES string of the molecule is COc1ccc(C=NNc2cccc(C(=O)O)c2)c(OC)c1OC. The van der Waals surface area contributed by atoms with E-state index in [2.05, 4.69) is 10.5 Å². The molecule has 126 valence electrons. The highest BCUT2D eigenvalue weighted by molar-refractivity contribution is 5.89. The number of benzene rings is 2. The number of aromatic carboxylic acids is 1. The Kier molecular flexibility index (Phi) is 5.62. The Balaban J connectivity index is 2.23. The number of carboxylic acid groups (broad SMARTS) is 1. The highest BCUT2D eigenvalue weighted by atomic mass is 16.5. The second-order valence-corrected chi connectivity index (χ2v) is 4.68. The molecule has 0 fully saturated rings. The summed E-state index contributed by atoms with van der Waals surface area (Å²) in [5, 5.41) is 13.1. The molecule has 2 rings (SSSR count). The summed E-state index contributed by atoms with van der Waals surface area (Å²) in [7, 11) is 4.59. The van der Waals surface area contributed by atoms with Crippen molar-refractivity contribution in [3.8, 4) is 17.2 Å². The second-order valence-electron chi connectivity index (χ2n) is 4.68. The number of carbonyl (C=O) groups is 1. The smallest absolute Gasteiger partial charge is 0.335 e. The van der Waals surface area contributed by atoms with Gasteiger partial charge in [0.25, 0.3) is 0 Å². The van der Waals surface area contributed by atoms with Gasteiger partial charge in [-0.3, -0.25) is 5.43 Å². The maximum absolute atomic E-state index is 11.0. The minimum Gasteiger partial charge on any atom is -0.493 e. The van der Waals surface area contributed by atoms with Crippen LogP contribution in [0.25, 0.3) is 0 Å². The minimum absolute atomic E-state index is 0.180. The van der Waals surface area contributed by atoms with Crippen molar-refractivity contribution in [1.29, 1.82) is 0 Å². The lowest BCUT2D eigenvalue weighted by Gasteiger charge is -2.13. The summed E-state index contributed by atoms with van der Waals surface area (Å²) in [6, 6.07) is 9.88. The molecular formula is C17H18N2O5. The number of carboxylic acids is 1. The molecule has 0 atom stereocenters. The molecule has 0 saturated heterocycles. The highest BCUT2D eigenvalue weighted by Crippen LogP contribution is 2.38. The molecule has 0 unspecified atom stereocenters. The first-order chi connectivity index (χ1) is 11.6. The van der Waals surface area contributed by atoms with Crippen LogP contribution < -0.4 is 19.6 Å². The summed E-state index contributed by atoms with van der Waals surface area (Å²) in [6.45, 7) is 0. The largest absolute Gasteiger partial charge is 0.493 e. The van der Waals surface area contributed by atoms with E-state index in [1.807, 2.05) is 0 Å². The topological polar surface area (TPSA) is 89.4 Å². The predicted octanol–water partition coefficient (Wildman–Crippen LogP) is 2.86. The lowest BCUT2D eigenvalue weighted by Crippen LogP contribution is -2.00. The molecule has 0 amide bonds. The number of hydrogen-bond acceptors (Lipinski definition) is 6. The lowest BCUT2D eigenvalue weighted by molar-refractivity contribution is 0.0697. The number of hydrazone groups is 1. The zero-order valence-corrected chi connectivity index (χ0v) is 13.6. The van der Waals surface area contributed by atoms with Gasteiger partial charge in [-0.1, -0.05) is 6.07 Å². The molecular weight excluding hydrogens is 312 g/mol. The van der Waals surface area contributed by atoms with Crippen molar-refractivity contribution < 1.29 is 24.1 Å². The van der Waals surface area contributed by atoms with Gasteiger partial charge in [0.1, 0.15) is 0 Å². The number of ether oxygens (including phenoxy) is 3. The van der Waals surface area contributed by atoms with Gasteiger partial charge in [-0.15, -0.1) is 0 Å². The van der Waals surface area contributed by atoms with Gasteiger partial charge >= 0.3 is 5.97 Å². The second kappa shape index (κ2) is 7.87. The molecule has 0 saturated carbocycles. The van der Waals surface area contributed by atoms with E-state index in [1.54, 1.807) is 37.6 Å². The van der Waals surface area contributed by atoms with Crippen LogP contribution in [0.5, 0.6) is 17.2 Å². The van der Waals surface area contributed by atoms with Crippen molar-refractivity contribution in [2.45, 2.75) is 0 Å². The zero-order valence-electron chi connectivity index (χ0n) is 13.6. The zero-order chi connectivity index (χ0) is 17.5. The van der Waals surface area contributed by atoms with Gasteiger partial charge in [0.15, 0.2) is 11.5 Å². The van der Waals surface area contributed by atoms with Crippen molar-refractivity contribution in [2.75, 3.05) is 26.8 Å². The van der Waals surface area contributed by atoms with Crippen LogP contribution in [0.4, 0.5) is 5.69 Å². The molecule has 0 spiro atoms. The van der Waals surface area contributed by atoms with Gasteiger partial charge < -0.3 is 19.3 Å². The van der Waals surface area contributed by atoms with Crippen molar-refractivity contribution >= 4 is 17.9 Å². The van der Waals surface area contributed by atoms with E-state index >= 15 is 0 Å². The first-order valence-corrected chi connectivity index (χ1v) is 7.02. The van der Waals surface area contributed by atoms with E-state index in [9.17, 15) is 4.79 Å². The van der Waals surface area contributed by atoms with Crippen LogP contribution in [-0.2, 0) is 0 Å². The van der Waals surface area contributed by atoms with E-state index in [-0.39, 0.29) is 5.56 Å². The fraction of sp³-hybridized carbons (Fsp3) is 0.176. The third-order valence-electron chi connectivity index (χ3n) is 3.24. The van der Waals surface area contributed by atoms with Gasteiger partial charge in [-0.05, 0) is 30.3 Å². The molecule has 24 heavy (non-hydrogen) atoms. The fourth-order valence-corrected chi connectivity index (χ4v) is 2.12. The van der Waals surface area contributed by atoms with E-state index in [0.717, 1.165) is 0 Å². The van der Waals surface area contributed by atoms with Gasteiger partial charge in [0.2, 0.25) is 5.75 Å². The Morgan fingerprint density at radius 2 is 1.83 bits per heavy atom. The molecule has 0 bridgehead atoms. The molecule has 7 heteroatoms. The van der Waals surface area contributed by atoms with Gasteiger partial charge in [-0.25, -0.2) is 4.79 Å². The van der Waals surface area contributed by atoms with Crippen molar-refractivity contribution in [3.63, 3.8) is 0 Å². The first kappa shape index (κ1) is 17.1. The molecule has 7 nitrogen and oxygen atoms in total. The monoisotopic (exact) mass is 330 g/mol. The van der Waals surface area contributed by atoms with E-state index in [4.69, 9.17) is 19.3 Å². The average Bonchev–Trinajstić information content (AvgIpc) is 2.61. The van der Waals surface area contributed by atoms with Crippen LogP contribution in [0.1, 0.15) is 15.9 Å². The average molecular weight is 330 g/mol. The number of nitrogens with zero attached hydrogens (tertiary/aromatic N) is 1. The van der Waals surface area contributed by atoms with Gasteiger partial charge in [-0.2, -0.15) is 5.10 Å². The van der Waals surface area contributed by atoms with Crippen LogP contribution >= 0.6 is 0 Å². The van der Waals surface area contributed by atoms with Crippen molar-refractivity contribution in [3.05, 3.63) is 47.5 Å². The van der Waals surface area contributed by atoms with E-state index in [1.165, 1.54) is 26.4 Å². The van der Waals surface area contributed by atoms with Crippen LogP contribution in [-0.4, -0.2) is 38.6 Å². The number of hydrogen-bond donors (Lipinski definition) is 2. The molecule has 0 aromatic heterocycles. The molecule has 0 aliphatic heterocycles. The van der Waals surface area contributed by atoms with Crippen LogP contribution in [0.3, 0.4) is 0 Å². The Hall–Kier alpha value is -3.22. The Morgan fingerprint density at radius 1 is 1.08 bits per heavy atom. The third-order valence-corrected chi connectivity index (χ3v) is 3.24. The van der Waals surface area contributed by atoms with Gasteiger partial charge in [0.05, 0.1) is 38.8 Å². The maximum atomic E-state index is 11.0. The number of rotatable bonds is 7. The summed E-state index contributed by atoms with van der Waals surface area (Å²) >= 11 is 0. The van der Waals surface area contributed by atoms with Gasteiger partial charge in [0, 0.05) is 5.56 Å². The Labute approximate surface area is 139 Å². The molecule has 0 radical (unpaired) electrons. The quantitative estimate of drug-likeness (QED) is 0.599. The predicted molar refractivity (Wildman–Crippen MR) is 90.7 cm³/mol. The highest BCUT2D eigenvalue weighted by Gasteiger charge is 2.14. The Morgan fingerprint density at radius 3 is 2.46 bits per heavy atom. The molecule has 2 aromatic carbocycles. The number of nitrogens with one attached hydrogen (secondary N) is 1. The summed E-state index contributed by atoms with van der Waals surface area (Å²) in [4.78, 5) is 11.0. The summed E-state index contributed by atoms with van der Waals surface area (Å²) in [5.41, 5.74) is 4.20. The van der Waals surface area contributed by atoms with E-state index in [0.29, 0.717) is 28.5 Å². The summed E-state index contributed by atoms with van der Waals surface area (Å²) in [5.74, 6) is 0.510. The van der Waals surface area contributed by atoms with E-state index < -0.39 is 5.97 Å². The number of anilines is 1. The maximum Gasteiger partial charge on any atom is 0.335 e. The van der Waals surface area contributed by atoms with Crippen LogP contribution in [0, 0.1) is 0 Å². The van der Waals surface area contributed by atoms with Crippen LogP contribution in [0.2, 0.25) is 0 Å². The van der Waals surface area contributed by atoms with Crippen molar-refractivity contribution in [2.24, 2.45) is 5.10 Å². The fourth-order valence-electron chi connectivity index (χ4n) is 2.12. The first-order valence-electron chi connectivity index (χ1n) is 7.02. The Bertz CT molecular complexity index is 759. The minimum atomic E-state index is -0.996. The van der Waals surface area contributed by atoms with Crippen molar-refractivity contribution in [1.82, 2.24) is 0 Å². The lowest BCUT2D eigenvalue weighted by atomic mass is 10.2. The van der Waals surface area contributed by atoms with Crippen LogP contribution in [0.15, 0.2) is 41.5 Å². The molecule has 2 aromatic rings.